The lowest BCUT2D eigenvalue weighted by molar-refractivity contribution is -0.275. The van der Waals surface area contributed by atoms with Crippen molar-refractivity contribution in [1.82, 2.24) is 4.98 Å². The number of hydrogen-bond donors (Lipinski definition) is 1. The average Bonchev–Trinajstić information content (AvgIpc) is 2.22. The van der Waals surface area contributed by atoms with Crippen LogP contribution in [0, 0.1) is 3.57 Å². The Hall–Kier alpha value is -1.26. The minimum Gasteiger partial charge on any atom is -0.491 e. The van der Waals surface area contributed by atoms with E-state index in [-0.39, 0.29) is 15.0 Å². The number of nitrogens with zero attached hydrogens (tertiary/aromatic N) is 1. The topological polar surface area (TPSA) is 68.7 Å². The van der Waals surface area contributed by atoms with E-state index in [1.165, 1.54) is 22.6 Å². The number of aliphatic carboxylic acids is 1. The van der Waals surface area contributed by atoms with Gasteiger partial charge in [0.1, 0.15) is 0 Å². The molecule has 0 atom stereocenters. The van der Waals surface area contributed by atoms with Gasteiger partial charge in [-0.25, -0.2) is 0 Å². The molecule has 0 aliphatic carbocycles. The standard InChI is InChI=1S/C9H7F3INO4/c1-17-5-3-14-4(2-6(15)16)7(13)8(5)18-9(10,11)12/h3H,2H2,1H3,(H,15,16). The fourth-order valence-corrected chi connectivity index (χ4v) is 1.82. The zero-order chi connectivity index (χ0) is 13.9. The van der Waals surface area contributed by atoms with Crippen molar-refractivity contribution in [3.8, 4) is 11.5 Å². The van der Waals surface area contributed by atoms with E-state index >= 15 is 0 Å². The zero-order valence-electron chi connectivity index (χ0n) is 8.92. The van der Waals surface area contributed by atoms with Gasteiger partial charge in [-0.2, -0.15) is 0 Å². The van der Waals surface area contributed by atoms with Crippen LogP contribution >= 0.6 is 22.6 Å². The number of aromatic nitrogens is 1. The second-order valence-electron chi connectivity index (χ2n) is 3.03. The van der Waals surface area contributed by atoms with Crippen LogP contribution in [0.1, 0.15) is 5.69 Å². The second kappa shape index (κ2) is 5.59. The molecule has 1 rings (SSSR count). The minimum absolute atomic E-state index is 0.0249. The first-order chi connectivity index (χ1) is 8.24. The number of methoxy groups -OCH3 is 1. The molecule has 100 valence electrons. The van der Waals surface area contributed by atoms with E-state index < -0.39 is 24.5 Å². The Bertz CT molecular complexity index is 464. The number of rotatable bonds is 4. The summed E-state index contributed by atoms with van der Waals surface area (Å²) in [6, 6.07) is 0. The molecule has 0 aliphatic rings. The highest BCUT2D eigenvalue weighted by Gasteiger charge is 2.34. The van der Waals surface area contributed by atoms with E-state index in [2.05, 4.69) is 9.72 Å². The summed E-state index contributed by atoms with van der Waals surface area (Å²) in [6.45, 7) is 0. The van der Waals surface area contributed by atoms with Crippen molar-refractivity contribution in [3.05, 3.63) is 15.5 Å². The van der Waals surface area contributed by atoms with Crippen LogP contribution in [0.4, 0.5) is 13.2 Å². The predicted octanol–water partition coefficient (Wildman–Crippen LogP) is 2.22. The Morgan fingerprint density at radius 1 is 1.56 bits per heavy atom. The Kier molecular flexibility index (Phi) is 4.59. The highest BCUT2D eigenvalue weighted by molar-refractivity contribution is 14.1. The molecule has 18 heavy (non-hydrogen) atoms. The molecule has 9 heteroatoms. The lowest BCUT2D eigenvalue weighted by atomic mass is 10.2. The van der Waals surface area contributed by atoms with Gasteiger partial charge in [-0.3, -0.25) is 9.78 Å². The molecule has 0 aromatic carbocycles. The fourth-order valence-electron chi connectivity index (χ4n) is 1.11. The number of carboxylic acid groups (broad SMARTS) is 1. The van der Waals surface area contributed by atoms with Crippen molar-refractivity contribution in [1.29, 1.82) is 0 Å². The van der Waals surface area contributed by atoms with Crippen molar-refractivity contribution < 1.29 is 32.5 Å². The van der Waals surface area contributed by atoms with Gasteiger partial charge in [0.05, 0.1) is 29.0 Å². The van der Waals surface area contributed by atoms with Gasteiger partial charge in [-0.15, -0.1) is 13.2 Å². The number of carbonyl (C=O) groups is 1. The van der Waals surface area contributed by atoms with Gasteiger partial charge < -0.3 is 14.6 Å². The third-order valence-corrected chi connectivity index (χ3v) is 2.88. The summed E-state index contributed by atoms with van der Waals surface area (Å²) in [5, 5.41) is 8.60. The number of hydrogen-bond acceptors (Lipinski definition) is 4. The van der Waals surface area contributed by atoms with Gasteiger partial charge in [0.15, 0.2) is 11.5 Å². The van der Waals surface area contributed by atoms with Crippen LogP contribution in [-0.2, 0) is 11.2 Å². The molecule has 0 aliphatic heterocycles. The van der Waals surface area contributed by atoms with Crippen LogP contribution in [0.25, 0.3) is 0 Å². The van der Waals surface area contributed by atoms with Gasteiger partial charge in [0, 0.05) is 0 Å². The Morgan fingerprint density at radius 2 is 2.17 bits per heavy atom. The largest absolute Gasteiger partial charge is 0.573 e. The average molecular weight is 377 g/mol. The molecule has 0 amide bonds. The zero-order valence-corrected chi connectivity index (χ0v) is 11.1. The third kappa shape index (κ3) is 3.89. The van der Waals surface area contributed by atoms with Crippen LogP contribution in [-0.4, -0.2) is 29.5 Å². The molecule has 1 heterocycles. The predicted molar refractivity (Wildman–Crippen MR) is 61.5 cm³/mol. The summed E-state index contributed by atoms with van der Waals surface area (Å²) >= 11 is 1.53. The maximum atomic E-state index is 12.2. The van der Waals surface area contributed by atoms with Gasteiger partial charge in [-0.05, 0) is 22.6 Å². The highest BCUT2D eigenvalue weighted by Crippen LogP contribution is 2.37. The first-order valence-electron chi connectivity index (χ1n) is 4.43. The minimum atomic E-state index is -4.89. The summed E-state index contributed by atoms with van der Waals surface area (Å²) in [4.78, 5) is 14.3. The van der Waals surface area contributed by atoms with Crippen molar-refractivity contribution in [3.63, 3.8) is 0 Å². The molecule has 0 spiro atoms. The molecular formula is C9H7F3INO4. The fraction of sp³-hybridized carbons (Fsp3) is 0.333. The molecule has 0 fully saturated rings. The van der Waals surface area contributed by atoms with E-state index in [0.717, 1.165) is 13.3 Å². The maximum Gasteiger partial charge on any atom is 0.573 e. The molecule has 0 saturated carbocycles. The van der Waals surface area contributed by atoms with E-state index in [4.69, 9.17) is 9.84 Å². The molecule has 1 N–H and O–H groups in total. The number of ether oxygens (including phenoxy) is 2. The second-order valence-corrected chi connectivity index (χ2v) is 4.11. The Morgan fingerprint density at radius 3 is 2.61 bits per heavy atom. The SMILES string of the molecule is COc1cnc(CC(=O)O)c(I)c1OC(F)(F)F. The molecule has 1 aromatic heterocycles. The Balaban J connectivity index is 3.22. The van der Waals surface area contributed by atoms with Crippen molar-refractivity contribution in [2.45, 2.75) is 12.8 Å². The van der Waals surface area contributed by atoms with Crippen LogP contribution in [0.5, 0.6) is 11.5 Å². The summed E-state index contributed by atoms with van der Waals surface area (Å²) < 4.78 is 45.1. The van der Waals surface area contributed by atoms with E-state index in [1.807, 2.05) is 0 Å². The molecule has 5 nitrogen and oxygen atoms in total. The lowest BCUT2D eigenvalue weighted by Crippen LogP contribution is -2.19. The number of halogens is 4. The molecule has 0 radical (unpaired) electrons. The van der Waals surface area contributed by atoms with Crippen molar-refractivity contribution in [2.75, 3.05) is 7.11 Å². The number of carboxylic acids is 1. The lowest BCUT2D eigenvalue weighted by Gasteiger charge is -2.15. The summed E-state index contributed by atoms with van der Waals surface area (Å²) in [5.41, 5.74) is -0.0249. The molecule has 0 bridgehead atoms. The van der Waals surface area contributed by atoms with Gasteiger partial charge >= 0.3 is 12.3 Å². The van der Waals surface area contributed by atoms with E-state index in [9.17, 15) is 18.0 Å². The highest BCUT2D eigenvalue weighted by atomic mass is 127. The summed E-state index contributed by atoms with van der Waals surface area (Å²) in [5.74, 6) is -2.01. The van der Waals surface area contributed by atoms with Gasteiger partial charge in [-0.1, -0.05) is 0 Å². The van der Waals surface area contributed by atoms with Crippen molar-refractivity contribution >= 4 is 28.6 Å². The first kappa shape index (κ1) is 14.8. The number of alkyl halides is 3. The van der Waals surface area contributed by atoms with Crippen LogP contribution in [0.3, 0.4) is 0 Å². The molecular weight excluding hydrogens is 370 g/mol. The van der Waals surface area contributed by atoms with Gasteiger partial charge in [0.25, 0.3) is 0 Å². The molecule has 0 unspecified atom stereocenters. The molecule has 0 saturated heterocycles. The third-order valence-electron chi connectivity index (χ3n) is 1.77. The smallest absolute Gasteiger partial charge is 0.491 e. The number of pyridine rings is 1. The summed E-state index contributed by atoms with van der Waals surface area (Å²) in [6.07, 6.45) is -4.41. The quantitative estimate of drug-likeness (QED) is 0.816. The van der Waals surface area contributed by atoms with Crippen LogP contribution < -0.4 is 9.47 Å². The Labute approximate surface area is 113 Å². The molecule has 1 aromatic rings. The van der Waals surface area contributed by atoms with Crippen LogP contribution in [0.15, 0.2) is 6.20 Å². The maximum absolute atomic E-state index is 12.2. The van der Waals surface area contributed by atoms with Crippen molar-refractivity contribution in [2.24, 2.45) is 0 Å². The monoisotopic (exact) mass is 377 g/mol. The normalized spacial score (nSPS) is 11.2. The summed E-state index contributed by atoms with van der Waals surface area (Å²) in [7, 11) is 1.16. The van der Waals surface area contributed by atoms with E-state index in [0.29, 0.717) is 0 Å². The van der Waals surface area contributed by atoms with Gasteiger partial charge in [0.2, 0.25) is 0 Å². The first-order valence-corrected chi connectivity index (χ1v) is 5.51. The van der Waals surface area contributed by atoms with E-state index in [1.54, 1.807) is 0 Å². The van der Waals surface area contributed by atoms with Crippen LogP contribution in [0.2, 0.25) is 0 Å².